The van der Waals surface area contributed by atoms with Crippen molar-refractivity contribution in [2.24, 2.45) is 0 Å². The van der Waals surface area contributed by atoms with Gasteiger partial charge in [0.05, 0.1) is 18.7 Å². The highest BCUT2D eigenvalue weighted by atomic mass is 16.5. The second-order valence-electron chi connectivity index (χ2n) is 4.92. The molecule has 0 radical (unpaired) electrons. The summed E-state index contributed by atoms with van der Waals surface area (Å²) in [7, 11) is 1.66. The Hall–Kier alpha value is -1.53. The lowest BCUT2D eigenvalue weighted by Crippen LogP contribution is -2.25. The smallest absolute Gasteiger partial charge is 0.123 e. The van der Waals surface area contributed by atoms with Gasteiger partial charge in [-0.3, -0.25) is 0 Å². The van der Waals surface area contributed by atoms with Crippen LogP contribution in [-0.2, 0) is 6.54 Å². The monoisotopic (exact) mass is 260 g/mol. The number of hydrogen-bond acceptors (Lipinski definition) is 3. The summed E-state index contributed by atoms with van der Waals surface area (Å²) >= 11 is 0. The molecule has 1 aromatic carbocycles. The number of nitrogens with one attached hydrogen (secondary N) is 1. The molecule has 1 aromatic rings. The maximum Gasteiger partial charge on any atom is 0.123 e. The normalized spacial score (nSPS) is 11.9. The minimum absolute atomic E-state index is 0.488. The number of benzene rings is 1. The Morgan fingerprint density at radius 1 is 1.37 bits per heavy atom. The molecular weight excluding hydrogens is 236 g/mol. The van der Waals surface area contributed by atoms with Gasteiger partial charge in [0, 0.05) is 18.2 Å². The predicted molar refractivity (Wildman–Crippen MR) is 78.2 cm³/mol. The van der Waals surface area contributed by atoms with E-state index in [1.165, 1.54) is 25.7 Å². The van der Waals surface area contributed by atoms with Crippen molar-refractivity contribution in [3.8, 4) is 11.8 Å². The molecule has 0 aliphatic carbocycles. The summed E-state index contributed by atoms with van der Waals surface area (Å²) in [5.74, 6) is 0.840. The quantitative estimate of drug-likeness (QED) is 0.726. The van der Waals surface area contributed by atoms with Crippen molar-refractivity contribution in [3.05, 3.63) is 29.3 Å². The van der Waals surface area contributed by atoms with Gasteiger partial charge in [0.25, 0.3) is 0 Å². The third-order valence-electron chi connectivity index (χ3n) is 3.29. The van der Waals surface area contributed by atoms with Crippen molar-refractivity contribution in [1.29, 1.82) is 5.26 Å². The van der Waals surface area contributed by atoms with Gasteiger partial charge < -0.3 is 10.1 Å². The van der Waals surface area contributed by atoms with Crippen molar-refractivity contribution in [2.45, 2.75) is 52.1 Å². The van der Waals surface area contributed by atoms with Crippen molar-refractivity contribution < 1.29 is 4.74 Å². The van der Waals surface area contributed by atoms with Crippen LogP contribution in [0, 0.1) is 11.3 Å². The van der Waals surface area contributed by atoms with Gasteiger partial charge in [0.15, 0.2) is 0 Å². The summed E-state index contributed by atoms with van der Waals surface area (Å²) in [6.07, 6.45) is 5.00. The molecule has 104 valence electrons. The molecule has 0 bridgehead atoms. The first-order chi connectivity index (χ1) is 9.21. The minimum Gasteiger partial charge on any atom is -0.496 e. The van der Waals surface area contributed by atoms with Crippen LogP contribution in [0.4, 0.5) is 0 Å². The average Bonchev–Trinajstić information content (AvgIpc) is 2.45. The van der Waals surface area contributed by atoms with Gasteiger partial charge in [-0.05, 0) is 31.5 Å². The van der Waals surface area contributed by atoms with Crippen molar-refractivity contribution in [1.82, 2.24) is 5.32 Å². The molecule has 0 spiro atoms. The van der Waals surface area contributed by atoms with Crippen LogP contribution in [0.15, 0.2) is 18.2 Å². The predicted octanol–water partition coefficient (Wildman–Crippen LogP) is 3.63. The van der Waals surface area contributed by atoms with Crippen LogP contribution in [0.1, 0.15) is 50.7 Å². The van der Waals surface area contributed by atoms with E-state index in [4.69, 9.17) is 10.00 Å². The van der Waals surface area contributed by atoms with E-state index in [1.54, 1.807) is 13.2 Å². The third kappa shape index (κ3) is 5.32. The molecule has 0 saturated carbocycles. The molecule has 0 amide bonds. The first kappa shape index (κ1) is 15.5. The Morgan fingerprint density at radius 2 is 2.16 bits per heavy atom. The van der Waals surface area contributed by atoms with Crippen molar-refractivity contribution in [3.63, 3.8) is 0 Å². The van der Waals surface area contributed by atoms with Crippen molar-refractivity contribution in [2.75, 3.05) is 7.11 Å². The zero-order valence-electron chi connectivity index (χ0n) is 12.2. The highest BCUT2D eigenvalue weighted by molar-refractivity contribution is 5.41. The summed E-state index contributed by atoms with van der Waals surface area (Å²) in [5, 5.41) is 12.4. The zero-order valence-corrected chi connectivity index (χ0v) is 12.2. The number of hydrogen-bond donors (Lipinski definition) is 1. The highest BCUT2D eigenvalue weighted by Gasteiger charge is 2.06. The Labute approximate surface area is 116 Å². The molecule has 0 aromatic heterocycles. The van der Waals surface area contributed by atoms with Crippen LogP contribution >= 0.6 is 0 Å². The SMILES string of the molecule is CCCCCC(C)NCc1cc(C#N)ccc1OC. The number of rotatable bonds is 8. The first-order valence-electron chi connectivity index (χ1n) is 7.01. The third-order valence-corrected chi connectivity index (χ3v) is 3.29. The number of methoxy groups -OCH3 is 1. The van der Waals surface area contributed by atoms with E-state index in [9.17, 15) is 0 Å². The largest absolute Gasteiger partial charge is 0.496 e. The molecule has 1 N–H and O–H groups in total. The summed E-state index contributed by atoms with van der Waals surface area (Å²) in [4.78, 5) is 0. The van der Waals surface area contributed by atoms with E-state index in [-0.39, 0.29) is 0 Å². The van der Waals surface area contributed by atoms with E-state index in [1.807, 2.05) is 12.1 Å². The van der Waals surface area contributed by atoms with E-state index < -0.39 is 0 Å². The second-order valence-corrected chi connectivity index (χ2v) is 4.92. The van der Waals surface area contributed by atoms with E-state index >= 15 is 0 Å². The standard InChI is InChI=1S/C16H24N2O/c1-4-5-6-7-13(2)18-12-15-10-14(11-17)8-9-16(15)19-3/h8-10,13,18H,4-7,12H2,1-3H3. The zero-order chi connectivity index (χ0) is 14.1. The molecule has 0 heterocycles. The Bertz CT molecular complexity index is 423. The summed E-state index contributed by atoms with van der Waals surface area (Å²) in [6, 6.07) is 8.19. The number of ether oxygens (including phenoxy) is 1. The number of nitrogens with zero attached hydrogens (tertiary/aromatic N) is 1. The summed E-state index contributed by atoms with van der Waals surface area (Å²) < 4.78 is 5.33. The van der Waals surface area contributed by atoms with Gasteiger partial charge in [-0.2, -0.15) is 5.26 Å². The molecule has 1 rings (SSSR count). The second kappa shape index (κ2) is 8.55. The van der Waals surface area contributed by atoms with Crippen LogP contribution in [0.5, 0.6) is 5.75 Å². The Morgan fingerprint density at radius 3 is 2.79 bits per heavy atom. The summed E-state index contributed by atoms with van der Waals surface area (Å²) in [5.41, 5.74) is 1.72. The molecule has 0 aliphatic rings. The number of nitriles is 1. The van der Waals surface area contributed by atoms with Gasteiger partial charge in [-0.15, -0.1) is 0 Å². The maximum absolute atomic E-state index is 8.94. The van der Waals surface area contributed by atoms with E-state index in [2.05, 4.69) is 25.2 Å². The lowest BCUT2D eigenvalue weighted by molar-refractivity contribution is 0.404. The fourth-order valence-electron chi connectivity index (χ4n) is 2.07. The maximum atomic E-state index is 8.94. The fourth-order valence-corrected chi connectivity index (χ4v) is 2.07. The van der Waals surface area contributed by atoms with Gasteiger partial charge in [-0.25, -0.2) is 0 Å². The van der Waals surface area contributed by atoms with Crippen LogP contribution in [0.3, 0.4) is 0 Å². The summed E-state index contributed by atoms with van der Waals surface area (Å²) in [6.45, 7) is 5.17. The van der Waals surface area contributed by atoms with Gasteiger partial charge in [0.2, 0.25) is 0 Å². The first-order valence-corrected chi connectivity index (χ1v) is 7.01. The highest BCUT2D eigenvalue weighted by Crippen LogP contribution is 2.19. The van der Waals surface area contributed by atoms with Crippen LogP contribution in [0.25, 0.3) is 0 Å². The topological polar surface area (TPSA) is 45.0 Å². The number of unbranched alkanes of at least 4 members (excludes halogenated alkanes) is 2. The molecule has 0 saturated heterocycles. The van der Waals surface area contributed by atoms with Crippen molar-refractivity contribution >= 4 is 0 Å². The molecule has 3 nitrogen and oxygen atoms in total. The molecule has 0 fully saturated rings. The fraction of sp³-hybridized carbons (Fsp3) is 0.562. The Balaban J connectivity index is 2.54. The van der Waals surface area contributed by atoms with Gasteiger partial charge in [-0.1, -0.05) is 26.2 Å². The van der Waals surface area contributed by atoms with Gasteiger partial charge >= 0.3 is 0 Å². The Kier molecular flexibility index (Phi) is 6.99. The molecule has 1 atom stereocenters. The van der Waals surface area contributed by atoms with Crippen LogP contribution < -0.4 is 10.1 Å². The van der Waals surface area contributed by atoms with Crippen LogP contribution in [0.2, 0.25) is 0 Å². The van der Waals surface area contributed by atoms with Crippen LogP contribution in [-0.4, -0.2) is 13.2 Å². The van der Waals surface area contributed by atoms with E-state index in [0.29, 0.717) is 11.6 Å². The molecule has 19 heavy (non-hydrogen) atoms. The van der Waals surface area contributed by atoms with Gasteiger partial charge in [0.1, 0.15) is 5.75 Å². The molecule has 3 heteroatoms. The lowest BCUT2D eigenvalue weighted by Gasteiger charge is -2.15. The molecule has 1 unspecified atom stereocenters. The average molecular weight is 260 g/mol. The van der Waals surface area contributed by atoms with E-state index in [0.717, 1.165) is 17.9 Å². The minimum atomic E-state index is 0.488. The lowest BCUT2D eigenvalue weighted by atomic mass is 10.1. The molecular formula is C16H24N2O. The molecule has 0 aliphatic heterocycles.